The molecule has 0 bridgehead atoms. The fourth-order valence-corrected chi connectivity index (χ4v) is 22.2. The van der Waals surface area contributed by atoms with E-state index in [0.717, 1.165) is 88.5 Å². The molecule has 0 radical (unpaired) electrons. The largest absolute Gasteiger partial charge is 0.456 e. The summed E-state index contributed by atoms with van der Waals surface area (Å²) in [6.07, 6.45) is 0. The normalized spacial score (nSPS) is 12.0. The van der Waals surface area contributed by atoms with Crippen LogP contribution in [0.5, 0.6) is 0 Å². The Kier molecular flexibility index (Phi) is 17.0. The second kappa shape index (κ2) is 30.2. The van der Waals surface area contributed by atoms with Crippen LogP contribution in [0.25, 0.3) is 264 Å². The second-order valence-electron chi connectivity index (χ2n) is 35.4. The summed E-state index contributed by atoms with van der Waals surface area (Å²) in [6, 6.07) is 170. The van der Waals surface area contributed by atoms with E-state index in [4.69, 9.17) is 14.4 Å². The lowest BCUT2D eigenvalue weighted by molar-refractivity contribution is 0.669. The zero-order valence-corrected chi connectivity index (χ0v) is 73.0. The molecule has 0 atom stereocenters. The smallest absolute Gasteiger partial charge is 0.235 e. The molecule has 30 aromatic rings. The summed E-state index contributed by atoms with van der Waals surface area (Å²) in [7, 11) is 0. The molecule has 135 heavy (non-hydrogen) atoms. The molecule has 0 aliphatic carbocycles. The van der Waals surface area contributed by atoms with Crippen LogP contribution >= 0.6 is 0 Å². The van der Waals surface area contributed by atoms with Crippen molar-refractivity contribution in [2.45, 2.75) is 0 Å². The van der Waals surface area contributed by atoms with Crippen molar-refractivity contribution < 1.29 is 4.42 Å². The molecule has 0 amide bonds. The van der Waals surface area contributed by atoms with E-state index in [1.807, 2.05) is 12.1 Å². The molecule has 30 rings (SSSR count). The first-order chi connectivity index (χ1) is 67.0. The van der Waals surface area contributed by atoms with Gasteiger partial charge < -0.3 is 27.3 Å². The van der Waals surface area contributed by atoms with Gasteiger partial charge >= 0.3 is 0 Å². The predicted octanol–water partition coefficient (Wildman–Crippen LogP) is 33.4. The van der Waals surface area contributed by atoms with Crippen molar-refractivity contribution in [1.82, 2.24) is 37.4 Å². The fraction of sp³-hybridized carbons (Fsp3) is 0. The molecule has 0 fully saturated rings. The zero-order chi connectivity index (χ0) is 88.5. The Hall–Kier alpha value is -18.2. The summed E-state index contributed by atoms with van der Waals surface area (Å²) in [5, 5.41) is 28.2. The van der Waals surface area contributed by atoms with E-state index in [0.29, 0.717) is 5.95 Å². The standard InChI is InChI=1S/C46H28N4.C46H28N2O.C34H22N2/c1-3-15-31(16-4-1)44-36-25-23-30-14-8-10-20-34(30)45(36)48-46(47-44)50-39-22-12-11-21-35(39)37-27-38-42(28-41(37)50)49(32-17-5-2-6-18-32)40-26-24-29-13-7-9-19-33(29)43(38)40;1-2-12-31(13-3-1)48-40-26-23-29-11-4-5-14-33(29)45(40)38-27-37-35-15-6-8-18-39(35)47(41(37)28-42(38)48)32-24-21-30(22-25-32)34-17-10-20-44-46(34)36-16-7-9-19-43(36)49-44;1-3-12-24(13-4-1)35-31-18-10-9-17-27(31)29-21-30-28-20-19-23-11-7-8-16-26(23)34(28)36(33(30)22-32(29)35)25-14-5-2-6-15-25/h1-28H;1-28H;1-22H. The topological polar surface area (TPSA) is 68.5 Å². The molecule has 0 saturated heterocycles. The number of fused-ring (bicyclic) bond motifs is 30. The second-order valence-corrected chi connectivity index (χ2v) is 35.4. The number of hydrogen-bond acceptors (Lipinski definition) is 3. The quantitative estimate of drug-likeness (QED) is 0.142. The molecule has 0 unspecified atom stereocenters. The first kappa shape index (κ1) is 75.8. The van der Waals surface area contributed by atoms with Crippen molar-refractivity contribution in [2.24, 2.45) is 0 Å². The van der Waals surface area contributed by atoms with Gasteiger partial charge in [0.25, 0.3) is 0 Å². The van der Waals surface area contributed by atoms with Crippen LogP contribution in [0, 0.1) is 0 Å². The van der Waals surface area contributed by atoms with Gasteiger partial charge in [0.05, 0.1) is 77.4 Å². The molecule has 8 heterocycles. The van der Waals surface area contributed by atoms with Crippen molar-refractivity contribution in [2.75, 3.05) is 0 Å². The number of para-hydroxylation sites is 8. The highest BCUT2D eigenvalue weighted by atomic mass is 16.3. The zero-order valence-electron chi connectivity index (χ0n) is 73.0. The summed E-state index contributed by atoms with van der Waals surface area (Å²) in [5.74, 6) is 0.658. The number of rotatable bonds is 8. The molecule has 0 N–H and O–H groups in total. The third-order valence-corrected chi connectivity index (χ3v) is 28.1. The van der Waals surface area contributed by atoms with Crippen LogP contribution in [0.4, 0.5) is 0 Å². The molecule has 9 heteroatoms. The maximum Gasteiger partial charge on any atom is 0.235 e. The van der Waals surface area contributed by atoms with Crippen LogP contribution in [-0.4, -0.2) is 37.4 Å². The van der Waals surface area contributed by atoms with Crippen LogP contribution in [0.2, 0.25) is 0 Å². The SMILES string of the molecule is c1ccc(-c2nc(-n3c4ccccc4c4cc5c6c7ccccc7ccc6n(-c6ccccc6)c5cc43)nc3c2ccc2ccccc23)cc1.c1ccc(-n2c3cc4c(cc3c3c5ccccc5ccc32)c2ccccc2n4-c2ccc(-c3cccc4oc5ccccc5c34)cc2)cc1.c1ccc(-n2c3ccccc3c3cc4c5ccc6ccccc6c5n(-c5ccccc5)c4cc32)cc1. The Morgan fingerprint density at radius 2 is 0.526 bits per heavy atom. The van der Waals surface area contributed by atoms with E-state index >= 15 is 0 Å². The molecule has 9 nitrogen and oxygen atoms in total. The summed E-state index contributed by atoms with van der Waals surface area (Å²) >= 11 is 0. The maximum atomic E-state index is 6.21. The third-order valence-electron chi connectivity index (χ3n) is 28.1. The summed E-state index contributed by atoms with van der Waals surface area (Å²) in [5.41, 5.74) is 27.1. The van der Waals surface area contributed by atoms with Gasteiger partial charge in [0, 0.05) is 126 Å². The van der Waals surface area contributed by atoms with Crippen LogP contribution in [0.3, 0.4) is 0 Å². The highest BCUT2D eigenvalue weighted by Gasteiger charge is 2.27. The van der Waals surface area contributed by atoms with Gasteiger partial charge in [-0.3, -0.25) is 4.57 Å². The van der Waals surface area contributed by atoms with Gasteiger partial charge in [-0.2, -0.15) is 0 Å². The van der Waals surface area contributed by atoms with E-state index in [1.165, 1.54) is 169 Å². The van der Waals surface area contributed by atoms with E-state index in [1.54, 1.807) is 0 Å². The van der Waals surface area contributed by atoms with Gasteiger partial charge in [-0.05, 0) is 189 Å². The van der Waals surface area contributed by atoms with Gasteiger partial charge in [0.15, 0.2) is 0 Å². The molecular formula is C126H78N8O. The van der Waals surface area contributed by atoms with Gasteiger partial charge in [0.2, 0.25) is 5.95 Å². The lowest BCUT2D eigenvalue weighted by Crippen LogP contribution is -2.04. The molecular weight excluding hydrogens is 1640 g/mol. The third kappa shape index (κ3) is 11.7. The Balaban J connectivity index is 0.000000102. The molecule has 0 saturated carbocycles. The monoisotopic (exact) mass is 1720 g/mol. The van der Waals surface area contributed by atoms with Crippen molar-refractivity contribution >= 4 is 207 Å². The number of furan rings is 1. The molecule has 22 aromatic carbocycles. The molecule has 8 aromatic heterocycles. The van der Waals surface area contributed by atoms with E-state index in [-0.39, 0.29) is 0 Å². The Labute approximate surface area is 773 Å². The van der Waals surface area contributed by atoms with Crippen LogP contribution in [-0.2, 0) is 0 Å². The van der Waals surface area contributed by atoms with Gasteiger partial charge in [-0.15, -0.1) is 0 Å². The van der Waals surface area contributed by atoms with Crippen LogP contribution in [0.15, 0.2) is 478 Å². The summed E-state index contributed by atoms with van der Waals surface area (Å²) in [4.78, 5) is 10.8. The van der Waals surface area contributed by atoms with Crippen molar-refractivity contribution in [3.63, 3.8) is 0 Å². The maximum absolute atomic E-state index is 6.21. The lowest BCUT2D eigenvalue weighted by atomic mass is 9.99. The number of hydrogen-bond donors (Lipinski definition) is 0. The average molecular weight is 1720 g/mol. The minimum atomic E-state index is 0.658. The minimum absolute atomic E-state index is 0.658. The Bertz CT molecular complexity index is 10100. The lowest BCUT2D eigenvalue weighted by Gasteiger charge is -2.13. The highest BCUT2D eigenvalue weighted by molar-refractivity contribution is 6.29. The van der Waals surface area contributed by atoms with Gasteiger partial charge in [-0.25, -0.2) is 9.97 Å². The van der Waals surface area contributed by atoms with Crippen molar-refractivity contribution in [1.29, 1.82) is 0 Å². The molecule has 0 spiro atoms. The van der Waals surface area contributed by atoms with Gasteiger partial charge in [0.1, 0.15) is 11.2 Å². The van der Waals surface area contributed by atoms with Crippen LogP contribution in [0.1, 0.15) is 0 Å². The molecule has 0 aliphatic heterocycles. The van der Waals surface area contributed by atoms with Gasteiger partial charge in [-0.1, -0.05) is 328 Å². The number of nitrogens with zero attached hydrogens (tertiary/aromatic N) is 8. The minimum Gasteiger partial charge on any atom is -0.456 e. The summed E-state index contributed by atoms with van der Waals surface area (Å²) < 4.78 is 20.6. The molecule has 0 aliphatic rings. The Morgan fingerprint density at radius 1 is 0.170 bits per heavy atom. The van der Waals surface area contributed by atoms with Crippen molar-refractivity contribution in [3.05, 3.63) is 473 Å². The Morgan fingerprint density at radius 3 is 1.05 bits per heavy atom. The predicted molar refractivity (Wildman–Crippen MR) is 567 cm³/mol. The highest BCUT2D eigenvalue weighted by Crippen LogP contribution is 2.49. The summed E-state index contributed by atoms with van der Waals surface area (Å²) in [6.45, 7) is 0. The number of benzene rings is 22. The fourth-order valence-electron chi connectivity index (χ4n) is 22.2. The first-order valence-electron chi connectivity index (χ1n) is 46.2. The number of aromatic nitrogens is 8. The van der Waals surface area contributed by atoms with E-state index < -0.39 is 0 Å². The average Bonchev–Trinajstić information content (AvgIpc) is 1.55. The molecule has 628 valence electrons. The first-order valence-corrected chi connectivity index (χ1v) is 46.2. The van der Waals surface area contributed by atoms with Crippen LogP contribution < -0.4 is 0 Å². The van der Waals surface area contributed by atoms with E-state index in [9.17, 15) is 0 Å². The van der Waals surface area contributed by atoms with Crippen molar-refractivity contribution in [3.8, 4) is 56.8 Å². The van der Waals surface area contributed by atoms with E-state index in [2.05, 4.69) is 488 Å².